The van der Waals surface area contributed by atoms with E-state index in [1.807, 2.05) is 21.1 Å². The fourth-order valence-corrected chi connectivity index (χ4v) is 5.61. The monoisotopic (exact) mass is 669 g/mol. The molecule has 0 aliphatic rings. The minimum atomic E-state index is -0.875. The zero-order chi connectivity index (χ0) is 35.0. The number of allylic oxidation sites excluding steroid dienone is 2. The number of ether oxygens (including phenoxy) is 3. The molecule has 0 saturated carbocycles. The molecule has 0 amide bonds. The number of hydrogen-bond acceptors (Lipinski definition) is 6. The zero-order valence-corrected chi connectivity index (χ0v) is 31.2. The van der Waals surface area contributed by atoms with Gasteiger partial charge in [0.25, 0.3) is 0 Å². The van der Waals surface area contributed by atoms with Crippen LogP contribution in [0.1, 0.15) is 168 Å². The lowest BCUT2D eigenvalue weighted by Gasteiger charge is -2.31. The van der Waals surface area contributed by atoms with E-state index < -0.39 is 18.1 Å². The SMILES string of the molecule is CCCCC/C=C/CCCCCCCC(=O)OCC(COCCC(C(=O)O)[N+](C)(C)C)OC(=O)CCCCCCCCCCCCC. The first kappa shape index (κ1) is 45.1. The molecule has 2 unspecified atom stereocenters. The van der Waals surface area contributed by atoms with Crippen molar-refractivity contribution in [3.05, 3.63) is 12.2 Å². The first-order chi connectivity index (χ1) is 22.6. The van der Waals surface area contributed by atoms with Crippen LogP contribution in [-0.4, -0.2) is 80.6 Å². The molecule has 8 nitrogen and oxygen atoms in total. The maximum Gasteiger partial charge on any atom is 0.362 e. The Labute approximate surface area is 289 Å². The van der Waals surface area contributed by atoms with Crippen molar-refractivity contribution < 1.29 is 38.2 Å². The van der Waals surface area contributed by atoms with E-state index in [0.717, 1.165) is 44.9 Å². The van der Waals surface area contributed by atoms with Gasteiger partial charge in [-0.2, -0.15) is 0 Å². The molecule has 0 radical (unpaired) electrons. The Hall–Kier alpha value is -1.93. The molecule has 0 aliphatic carbocycles. The number of rotatable bonds is 34. The van der Waals surface area contributed by atoms with E-state index in [1.54, 1.807) is 0 Å². The molecule has 2 atom stereocenters. The number of esters is 2. The molecule has 276 valence electrons. The molecule has 0 saturated heterocycles. The molecule has 8 heteroatoms. The van der Waals surface area contributed by atoms with Gasteiger partial charge < -0.3 is 23.8 Å². The van der Waals surface area contributed by atoms with Gasteiger partial charge in [-0.05, 0) is 38.5 Å². The molecule has 0 bridgehead atoms. The second-order valence-electron chi connectivity index (χ2n) is 14.2. The van der Waals surface area contributed by atoms with Crippen molar-refractivity contribution in [3.8, 4) is 0 Å². The summed E-state index contributed by atoms with van der Waals surface area (Å²) in [4.78, 5) is 36.7. The highest BCUT2D eigenvalue weighted by atomic mass is 16.6. The van der Waals surface area contributed by atoms with Crippen LogP contribution in [-0.2, 0) is 28.6 Å². The second-order valence-corrected chi connectivity index (χ2v) is 14.2. The summed E-state index contributed by atoms with van der Waals surface area (Å²) in [6, 6.07) is -0.609. The van der Waals surface area contributed by atoms with E-state index in [9.17, 15) is 19.5 Å². The predicted octanol–water partition coefficient (Wildman–Crippen LogP) is 9.58. The first-order valence-corrected chi connectivity index (χ1v) is 19.2. The maximum atomic E-state index is 12.6. The molecule has 0 aromatic rings. The summed E-state index contributed by atoms with van der Waals surface area (Å²) in [5.74, 6) is -1.47. The van der Waals surface area contributed by atoms with Crippen molar-refractivity contribution in [2.45, 2.75) is 180 Å². The van der Waals surface area contributed by atoms with E-state index in [4.69, 9.17) is 14.2 Å². The maximum absolute atomic E-state index is 12.6. The smallest absolute Gasteiger partial charge is 0.362 e. The van der Waals surface area contributed by atoms with Crippen molar-refractivity contribution in [2.24, 2.45) is 0 Å². The summed E-state index contributed by atoms with van der Waals surface area (Å²) in [5.41, 5.74) is 0. The number of nitrogens with zero attached hydrogens (tertiary/aromatic N) is 1. The molecule has 0 aromatic heterocycles. The lowest BCUT2D eigenvalue weighted by atomic mass is 10.1. The average molecular weight is 669 g/mol. The van der Waals surface area contributed by atoms with Crippen molar-refractivity contribution in [2.75, 3.05) is 41.0 Å². The minimum absolute atomic E-state index is 0.0505. The van der Waals surface area contributed by atoms with Gasteiger partial charge in [-0.1, -0.05) is 122 Å². The third kappa shape index (κ3) is 29.9. The second kappa shape index (κ2) is 31.3. The molecule has 1 N–H and O–H groups in total. The number of quaternary nitrogens is 1. The summed E-state index contributed by atoms with van der Waals surface area (Å²) in [6.07, 6.45) is 29.6. The number of unbranched alkanes of at least 4 members (excludes halogenated alkanes) is 18. The van der Waals surface area contributed by atoms with Gasteiger partial charge in [0.05, 0.1) is 34.4 Å². The van der Waals surface area contributed by atoms with Gasteiger partial charge in [-0.15, -0.1) is 0 Å². The molecule has 0 rings (SSSR count). The van der Waals surface area contributed by atoms with Crippen LogP contribution in [0.5, 0.6) is 0 Å². The molecular weight excluding hydrogens is 594 g/mol. The lowest BCUT2D eigenvalue weighted by molar-refractivity contribution is -0.887. The topological polar surface area (TPSA) is 99.1 Å². The van der Waals surface area contributed by atoms with Crippen LogP contribution in [0.3, 0.4) is 0 Å². The van der Waals surface area contributed by atoms with Gasteiger partial charge in [0, 0.05) is 19.3 Å². The van der Waals surface area contributed by atoms with Gasteiger partial charge in [-0.3, -0.25) is 9.59 Å². The Morgan fingerprint density at radius 1 is 0.617 bits per heavy atom. The third-order valence-electron chi connectivity index (χ3n) is 8.66. The Morgan fingerprint density at radius 3 is 1.57 bits per heavy atom. The lowest BCUT2D eigenvalue weighted by Crippen LogP contribution is -2.50. The molecule has 0 fully saturated rings. The Balaban J connectivity index is 4.42. The summed E-state index contributed by atoms with van der Waals surface area (Å²) < 4.78 is 17.2. The van der Waals surface area contributed by atoms with Crippen LogP contribution in [0, 0.1) is 0 Å². The Bertz CT molecular complexity index is 793. The van der Waals surface area contributed by atoms with Crippen molar-refractivity contribution in [3.63, 3.8) is 0 Å². The van der Waals surface area contributed by atoms with Crippen LogP contribution in [0.4, 0.5) is 0 Å². The van der Waals surface area contributed by atoms with Crippen LogP contribution in [0.25, 0.3) is 0 Å². The van der Waals surface area contributed by atoms with Crippen LogP contribution in [0.15, 0.2) is 12.2 Å². The van der Waals surface area contributed by atoms with Gasteiger partial charge in [-0.25, -0.2) is 4.79 Å². The third-order valence-corrected chi connectivity index (χ3v) is 8.66. The van der Waals surface area contributed by atoms with E-state index in [-0.39, 0.29) is 36.2 Å². The average Bonchev–Trinajstić information content (AvgIpc) is 3.01. The van der Waals surface area contributed by atoms with Crippen LogP contribution >= 0.6 is 0 Å². The normalized spacial score (nSPS) is 13.1. The number of carboxylic acids is 1. The standard InChI is InChI=1S/C39H73NO7/c1-6-8-10-12-14-16-18-20-21-23-25-27-29-37(41)46-34-35(33-45-32-31-36(39(43)44)40(3,4)5)47-38(42)30-28-26-24-22-19-17-15-13-11-9-7-2/h14,16,35-36H,6-13,15,17-34H2,1-5H3/p+1/b16-14+. The van der Waals surface area contributed by atoms with E-state index in [2.05, 4.69) is 26.0 Å². The predicted molar refractivity (Wildman–Crippen MR) is 192 cm³/mol. The van der Waals surface area contributed by atoms with E-state index in [0.29, 0.717) is 19.3 Å². The number of carboxylic acid groups (broad SMARTS) is 1. The number of carbonyl (C=O) groups excluding carboxylic acids is 2. The first-order valence-electron chi connectivity index (χ1n) is 19.2. The molecule has 47 heavy (non-hydrogen) atoms. The minimum Gasteiger partial charge on any atom is -0.477 e. The van der Waals surface area contributed by atoms with E-state index in [1.165, 1.54) is 89.9 Å². The van der Waals surface area contributed by atoms with Gasteiger partial charge in [0.15, 0.2) is 12.1 Å². The molecule has 0 heterocycles. The van der Waals surface area contributed by atoms with Gasteiger partial charge in [0.2, 0.25) is 0 Å². The van der Waals surface area contributed by atoms with Crippen molar-refractivity contribution >= 4 is 17.9 Å². The molecule has 0 spiro atoms. The quantitative estimate of drug-likeness (QED) is 0.0315. The Morgan fingerprint density at radius 2 is 1.06 bits per heavy atom. The summed E-state index contributed by atoms with van der Waals surface area (Å²) in [6.45, 7) is 4.69. The summed E-state index contributed by atoms with van der Waals surface area (Å²) >= 11 is 0. The highest BCUT2D eigenvalue weighted by Crippen LogP contribution is 2.14. The van der Waals surface area contributed by atoms with Crippen LogP contribution < -0.4 is 0 Å². The summed E-state index contributed by atoms with van der Waals surface area (Å²) in [7, 11) is 5.52. The fourth-order valence-electron chi connectivity index (χ4n) is 5.61. The number of aliphatic carboxylic acids is 1. The van der Waals surface area contributed by atoms with Crippen molar-refractivity contribution in [1.29, 1.82) is 0 Å². The zero-order valence-electron chi connectivity index (χ0n) is 31.2. The van der Waals surface area contributed by atoms with Gasteiger partial charge >= 0.3 is 17.9 Å². The van der Waals surface area contributed by atoms with Gasteiger partial charge in [0.1, 0.15) is 6.61 Å². The molecule has 0 aliphatic heterocycles. The molecular formula is C39H74NO7+. The highest BCUT2D eigenvalue weighted by molar-refractivity contribution is 5.72. The number of likely N-dealkylation sites (N-methyl/N-ethyl adjacent to an activating group) is 1. The number of hydrogen-bond donors (Lipinski definition) is 1. The number of carbonyl (C=O) groups is 3. The van der Waals surface area contributed by atoms with E-state index >= 15 is 0 Å². The fraction of sp³-hybridized carbons (Fsp3) is 0.872. The summed E-state index contributed by atoms with van der Waals surface area (Å²) in [5, 5.41) is 9.57. The molecule has 0 aromatic carbocycles. The largest absolute Gasteiger partial charge is 0.477 e. The highest BCUT2D eigenvalue weighted by Gasteiger charge is 2.31. The Kier molecular flexibility index (Phi) is 30.1. The van der Waals surface area contributed by atoms with Crippen LogP contribution in [0.2, 0.25) is 0 Å². The van der Waals surface area contributed by atoms with Crippen molar-refractivity contribution in [1.82, 2.24) is 0 Å².